The standard InChI is InChI=1S/C21H22ClN3O3/c22-16-9-7-15(8-10-16)19-14-24(12-13-28-19)21(27)23-17-4-1-2-5-18(17)25-11-3-6-20(25)26/h1-2,4-5,7-10,19H,3,6,11-14H2,(H,23,27). The molecule has 2 aliphatic heterocycles. The van der Waals surface area contributed by atoms with Crippen LogP contribution >= 0.6 is 11.6 Å². The van der Waals surface area contributed by atoms with E-state index in [4.69, 9.17) is 16.3 Å². The summed E-state index contributed by atoms with van der Waals surface area (Å²) in [5.41, 5.74) is 2.39. The second-order valence-corrected chi connectivity index (χ2v) is 7.39. The summed E-state index contributed by atoms with van der Waals surface area (Å²) < 4.78 is 5.84. The van der Waals surface area contributed by atoms with Gasteiger partial charge in [0, 0.05) is 24.5 Å². The molecule has 146 valence electrons. The summed E-state index contributed by atoms with van der Waals surface area (Å²) >= 11 is 5.96. The second kappa shape index (κ2) is 8.20. The first kappa shape index (κ1) is 18.8. The van der Waals surface area contributed by atoms with Crippen molar-refractivity contribution < 1.29 is 14.3 Å². The molecule has 2 saturated heterocycles. The molecule has 2 aromatic carbocycles. The monoisotopic (exact) mass is 399 g/mol. The number of anilines is 2. The van der Waals surface area contributed by atoms with Crippen LogP contribution in [-0.4, -0.2) is 43.1 Å². The summed E-state index contributed by atoms with van der Waals surface area (Å²) in [6.45, 7) is 2.12. The van der Waals surface area contributed by atoms with Gasteiger partial charge in [0.15, 0.2) is 0 Å². The third-order valence-corrected chi connectivity index (χ3v) is 5.36. The first-order chi connectivity index (χ1) is 13.6. The van der Waals surface area contributed by atoms with Gasteiger partial charge in [-0.2, -0.15) is 0 Å². The van der Waals surface area contributed by atoms with Crippen LogP contribution in [-0.2, 0) is 9.53 Å². The summed E-state index contributed by atoms with van der Waals surface area (Å²) in [6, 6.07) is 14.7. The molecule has 3 amide bonds. The number of urea groups is 1. The van der Waals surface area contributed by atoms with Crippen molar-refractivity contribution in [2.75, 3.05) is 36.5 Å². The lowest BCUT2D eigenvalue weighted by molar-refractivity contribution is -0.117. The third kappa shape index (κ3) is 3.98. The molecule has 0 spiro atoms. The summed E-state index contributed by atoms with van der Waals surface area (Å²) in [4.78, 5) is 28.5. The van der Waals surface area contributed by atoms with Gasteiger partial charge >= 0.3 is 6.03 Å². The molecule has 2 aromatic rings. The molecule has 2 heterocycles. The summed E-state index contributed by atoms with van der Waals surface area (Å²) in [6.07, 6.45) is 1.20. The van der Waals surface area contributed by atoms with Gasteiger partial charge in [-0.25, -0.2) is 4.79 Å². The highest BCUT2D eigenvalue weighted by Crippen LogP contribution is 2.30. The zero-order valence-electron chi connectivity index (χ0n) is 15.4. The van der Waals surface area contributed by atoms with Gasteiger partial charge in [-0.1, -0.05) is 35.9 Å². The fraction of sp³-hybridized carbons (Fsp3) is 0.333. The number of morpholine rings is 1. The number of carbonyl (C=O) groups excluding carboxylic acids is 2. The van der Waals surface area contributed by atoms with Crippen molar-refractivity contribution >= 4 is 34.9 Å². The Morgan fingerprint density at radius 3 is 2.64 bits per heavy atom. The molecule has 0 radical (unpaired) electrons. The minimum atomic E-state index is -0.193. The van der Waals surface area contributed by atoms with Crippen LogP contribution in [0.2, 0.25) is 5.02 Å². The smallest absolute Gasteiger partial charge is 0.322 e. The number of para-hydroxylation sites is 2. The van der Waals surface area contributed by atoms with Crippen molar-refractivity contribution in [1.29, 1.82) is 0 Å². The predicted octanol–water partition coefficient (Wildman–Crippen LogP) is 4.07. The van der Waals surface area contributed by atoms with E-state index in [1.165, 1.54) is 0 Å². The molecule has 0 saturated carbocycles. The van der Waals surface area contributed by atoms with E-state index in [2.05, 4.69) is 5.32 Å². The molecule has 6 nitrogen and oxygen atoms in total. The quantitative estimate of drug-likeness (QED) is 0.846. The van der Waals surface area contributed by atoms with E-state index in [-0.39, 0.29) is 18.0 Å². The number of benzene rings is 2. The number of carbonyl (C=O) groups is 2. The zero-order chi connectivity index (χ0) is 19.5. The molecule has 2 aliphatic rings. The van der Waals surface area contributed by atoms with Crippen molar-refractivity contribution in [3.8, 4) is 0 Å². The van der Waals surface area contributed by atoms with Crippen molar-refractivity contribution in [2.24, 2.45) is 0 Å². The Balaban J connectivity index is 1.46. The van der Waals surface area contributed by atoms with Crippen molar-refractivity contribution in [3.05, 3.63) is 59.1 Å². The van der Waals surface area contributed by atoms with Crippen LogP contribution in [0.3, 0.4) is 0 Å². The lowest BCUT2D eigenvalue weighted by Gasteiger charge is -2.33. The molecule has 0 aliphatic carbocycles. The highest BCUT2D eigenvalue weighted by molar-refractivity contribution is 6.30. The first-order valence-corrected chi connectivity index (χ1v) is 9.82. The summed E-state index contributed by atoms with van der Waals surface area (Å²) in [5, 5.41) is 3.64. The van der Waals surface area contributed by atoms with Gasteiger partial charge in [0.1, 0.15) is 6.10 Å². The summed E-state index contributed by atoms with van der Waals surface area (Å²) in [5.74, 6) is 0.0934. The first-order valence-electron chi connectivity index (χ1n) is 9.44. The van der Waals surface area contributed by atoms with Gasteiger partial charge in [-0.05, 0) is 36.2 Å². The Bertz CT molecular complexity index is 871. The fourth-order valence-corrected chi connectivity index (χ4v) is 3.75. The number of nitrogens with one attached hydrogen (secondary N) is 1. The maximum atomic E-state index is 12.9. The molecule has 28 heavy (non-hydrogen) atoms. The van der Waals surface area contributed by atoms with E-state index in [1.54, 1.807) is 9.80 Å². The van der Waals surface area contributed by atoms with Gasteiger partial charge in [0.2, 0.25) is 5.91 Å². The van der Waals surface area contributed by atoms with Crippen molar-refractivity contribution in [3.63, 3.8) is 0 Å². The number of amides is 3. The number of rotatable bonds is 3. The van der Waals surface area contributed by atoms with Crippen LogP contribution in [0.25, 0.3) is 0 Å². The van der Waals surface area contributed by atoms with Crippen LogP contribution in [0.1, 0.15) is 24.5 Å². The van der Waals surface area contributed by atoms with Gasteiger partial charge < -0.3 is 19.9 Å². The molecule has 0 bridgehead atoms. The van der Waals surface area contributed by atoms with Crippen LogP contribution in [0, 0.1) is 0 Å². The van der Waals surface area contributed by atoms with Gasteiger partial charge in [0.25, 0.3) is 0 Å². The lowest BCUT2D eigenvalue weighted by Crippen LogP contribution is -2.44. The van der Waals surface area contributed by atoms with Crippen molar-refractivity contribution in [2.45, 2.75) is 18.9 Å². The fourth-order valence-electron chi connectivity index (χ4n) is 3.62. The second-order valence-electron chi connectivity index (χ2n) is 6.95. The van der Waals surface area contributed by atoms with E-state index in [0.29, 0.717) is 43.4 Å². The SMILES string of the molecule is O=C(Nc1ccccc1N1CCCC1=O)N1CCOC(c2ccc(Cl)cc2)C1. The number of hydrogen-bond acceptors (Lipinski definition) is 3. The van der Waals surface area contributed by atoms with Gasteiger partial charge in [-0.15, -0.1) is 0 Å². The lowest BCUT2D eigenvalue weighted by atomic mass is 10.1. The number of halogens is 1. The van der Waals surface area contributed by atoms with E-state index >= 15 is 0 Å². The van der Waals surface area contributed by atoms with Crippen LogP contribution in [0.5, 0.6) is 0 Å². The highest BCUT2D eigenvalue weighted by Gasteiger charge is 2.28. The Labute approximate surface area is 169 Å². The molecule has 0 aromatic heterocycles. The maximum Gasteiger partial charge on any atom is 0.322 e. The Morgan fingerprint density at radius 2 is 1.89 bits per heavy atom. The average molecular weight is 400 g/mol. The predicted molar refractivity (Wildman–Crippen MR) is 109 cm³/mol. The molecule has 1 N–H and O–H groups in total. The normalized spacial score (nSPS) is 19.8. The minimum Gasteiger partial charge on any atom is -0.370 e. The molecule has 1 unspecified atom stereocenters. The van der Waals surface area contributed by atoms with Gasteiger partial charge in [0.05, 0.1) is 24.5 Å². The molecule has 4 rings (SSSR count). The molecular formula is C21H22ClN3O3. The Morgan fingerprint density at radius 1 is 1.11 bits per heavy atom. The average Bonchev–Trinajstić information content (AvgIpc) is 3.15. The topological polar surface area (TPSA) is 61.9 Å². The van der Waals surface area contributed by atoms with E-state index < -0.39 is 0 Å². The zero-order valence-corrected chi connectivity index (χ0v) is 16.2. The molecule has 7 heteroatoms. The Hall–Kier alpha value is -2.57. The number of nitrogens with zero attached hydrogens (tertiary/aromatic N) is 2. The van der Waals surface area contributed by atoms with Crippen molar-refractivity contribution in [1.82, 2.24) is 4.90 Å². The van der Waals surface area contributed by atoms with E-state index in [0.717, 1.165) is 17.7 Å². The third-order valence-electron chi connectivity index (χ3n) is 5.11. The Kier molecular flexibility index (Phi) is 5.50. The maximum absolute atomic E-state index is 12.9. The highest BCUT2D eigenvalue weighted by atomic mass is 35.5. The molecular weight excluding hydrogens is 378 g/mol. The molecule has 1 atom stereocenters. The largest absolute Gasteiger partial charge is 0.370 e. The van der Waals surface area contributed by atoms with Crippen LogP contribution in [0.4, 0.5) is 16.2 Å². The van der Waals surface area contributed by atoms with E-state index in [9.17, 15) is 9.59 Å². The van der Waals surface area contributed by atoms with Crippen LogP contribution < -0.4 is 10.2 Å². The molecule has 2 fully saturated rings. The number of ether oxygens (including phenoxy) is 1. The summed E-state index contributed by atoms with van der Waals surface area (Å²) in [7, 11) is 0. The minimum absolute atomic E-state index is 0.0934. The number of hydrogen-bond donors (Lipinski definition) is 1. The van der Waals surface area contributed by atoms with Gasteiger partial charge in [-0.3, -0.25) is 4.79 Å². The van der Waals surface area contributed by atoms with E-state index in [1.807, 2.05) is 48.5 Å². The van der Waals surface area contributed by atoms with Crippen LogP contribution in [0.15, 0.2) is 48.5 Å².